The summed E-state index contributed by atoms with van der Waals surface area (Å²) in [6, 6.07) is 70.6. The maximum Gasteiger partial charge on any atom is 0.147 e. The molecule has 0 spiro atoms. The van der Waals surface area contributed by atoms with E-state index in [4.69, 9.17) is 4.98 Å². The number of fused-ring (bicyclic) bond motifs is 11. The van der Waals surface area contributed by atoms with Crippen molar-refractivity contribution in [3.63, 3.8) is 0 Å². The molecule has 54 heavy (non-hydrogen) atoms. The standard InChI is InChI=1S/C30H20OP.C19H11N2.Ir/c31-32(28-16-13-22-7-1-4-10-25(22)19-28,29-17-14-23-8-2-5-11-26(23)20-29)30-18-15-24-9-3-6-12-27(24)21-30;1-2-9-15-13(7-1)14-8-3-5-11-17(14)21-18-12-6-4-10-16(18)20-19(15)21;/h1-17,19-21H;1-8,10-12H;/q2*-1;. The number of imidazole rings is 1. The Balaban J connectivity index is 0.000000151. The Morgan fingerprint density at radius 2 is 1.02 bits per heavy atom. The molecule has 0 aliphatic rings. The molecule has 0 unspecified atom stereocenters. The fourth-order valence-electron chi connectivity index (χ4n) is 7.65. The number of para-hydroxylation sites is 3. The van der Waals surface area contributed by atoms with E-state index in [1.165, 1.54) is 16.3 Å². The summed E-state index contributed by atoms with van der Waals surface area (Å²) in [7, 11) is -3.15. The first kappa shape index (κ1) is 33.9. The molecule has 1 radical (unpaired) electrons. The van der Waals surface area contributed by atoms with Gasteiger partial charge in [-0.1, -0.05) is 132 Å². The minimum absolute atomic E-state index is 0. The average molecular weight is 887 g/mol. The second kappa shape index (κ2) is 13.8. The van der Waals surface area contributed by atoms with Gasteiger partial charge in [-0.25, -0.2) is 0 Å². The predicted molar refractivity (Wildman–Crippen MR) is 224 cm³/mol. The molecule has 0 N–H and O–H groups in total. The zero-order chi connectivity index (χ0) is 35.4. The van der Waals surface area contributed by atoms with E-state index in [1.807, 2.05) is 78.9 Å². The molecule has 11 aromatic rings. The smallest absolute Gasteiger partial charge is 0.147 e. The molecule has 0 amide bonds. The number of pyridine rings is 1. The monoisotopic (exact) mass is 887 g/mol. The van der Waals surface area contributed by atoms with E-state index in [-0.39, 0.29) is 20.1 Å². The molecule has 0 fully saturated rings. The molecule has 5 heteroatoms. The Bertz CT molecular complexity index is 3040. The minimum Gasteiger partial charge on any atom is -0.333 e. The van der Waals surface area contributed by atoms with Crippen LogP contribution in [0.5, 0.6) is 0 Å². The average Bonchev–Trinajstić information content (AvgIpc) is 3.63. The van der Waals surface area contributed by atoms with Crippen molar-refractivity contribution in [3.8, 4) is 0 Å². The van der Waals surface area contributed by atoms with Crippen LogP contribution in [-0.4, -0.2) is 9.38 Å². The van der Waals surface area contributed by atoms with E-state index in [0.717, 1.165) is 70.3 Å². The first-order chi connectivity index (χ1) is 26.1. The van der Waals surface area contributed by atoms with Gasteiger partial charge in [-0.05, 0) is 57.3 Å². The summed E-state index contributed by atoms with van der Waals surface area (Å²) >= 11 is 0. The maximum atomic E-state index is 15.1. The van der Waals surface area contributed by atoms with Crippen LogP contribution in [0, 0.1) is 12.1 Å². The second-order valence-corrected chi connectivity index (χ2v) is 16.1. The van der Waals surface area contributed by atoms with Crippen LogP contribution in [0.4, 0.5) is 0 Å². The van der Waals surface area contributed by atoms with Crippen molar-refractivity contribution < 1.29 is 24.7 Å². The van der Waals surface area contributed by atoms with E-state index in [9.17, 15) is 0 Å². The molecule has 11 rings (SSSR count). The normalized spacial score (nSPS) is 11.6. The van der Waals surface area contributed by atoms with Crippen LogP contribution < -0.4 is 15.9 Å². The summed E-state index contributed by atoms with van der Waals surface area (Å²) in [5, 5.41) is 12.6. The van der Waals surface area contributed by atoms with Gasteiger partial charge >= 0.3 is 0 Å². The predicted octanol–water partition coefficient (Wildman–Crippen LogP) is 11.2. The van der Waals surface area contributed by atoms with E-state index in [1.54, 1.807) is 0 Å². The van der Waals surface area contributed by atoms with Gasteiger partial charge in [0.2, 0.25) is 0 Å². The van der Waals surface area contributed by atoms with E-state index < -0.39 is 7.14 Å². The Labute approximate surface area is 326 Å². The van der Waals surface area contributed by atoms with Gasteiger partial charge in [0.1, 0.15) is 7.14 Å². The van der Waals surface area contributed by atoms with Gasteiger partial charge < -0.3 is 8.97 Å². The van der Waals surface area contributed by atoms with Gasteiger partial charge in [-0.15, -0.1) is 46.5 Å². The molecule has 0 bridgehead atoms. The number of rotatable bonds is 3. The quantitative estimate of drug-likeness (QED) is 0.101. The molecule has 2 heterocycles. The molecular weight excluding hydrogens is 856 g/mol. The van der Waals surface area contributed by atoms with Crippen molar-refractivity contribution in [2.75, 3.05) is 0 Å². The Kier molecular flexibility index (Phi) is 8.68. The molecule has 0 saturated heterocycles. The third kappa shape index (κ3) is 5.63. The van der Waals surface area contributed by atoms with E-state index in [0.29, 0.717) is 0 Å². The summed E-state index contributed by atoms with van der Waals surface area (Å²) in [6.45, 7) is 0. The van der Waals surface area contributed by atoms with Gasteiger partial charge in [0, 0.05) is 36.2 Å². The van der Waals surface area contributed by atoms with E-state index in [2.05, 4.69) is 126 Å². The summed E-state index contributed by atoms with van der Waals surface area (Å²) < 4.78 is 17.4. The molecule has 9 aromatic carbocycles. The summed E-state index contributed by atoms with van der Waals surface area (Å²) in [5.41, 5.74) is 4.33. The summed E-state index contributed by atoms with van der Waals surface area (Å²) in [5.74, 6) is 0. The van der Waals surface area contributed by atoms with Gasteiger partial charge in [-0.3, -0.25) is 4.98 Å². The SMILES string of the molecule is O=P(c1[c-]cc2ccccc2c1)(c1ccc2ccccc2c1)c1ccc2ccccc2c1.[Ir].[c-]1cccc2c1c1nc3ccccc3n1c1ccccc21. The Hall–Kier alpha value is -5.89. The Morgan fingerprint density at radius 3 is 1.70 bits per heavy atom. The fraction of sp³-hybridized carbons (Fsp3) is 0. The fourth-order valence-corrected chi connectivity index (χ4v) is 10.3. The van der Waals surface area contributed by atoms with Crippen LogP contribution in [-0.2, 0) is 24.7 Å². The number of hydrogen-bond acceptors (Lipinski definition) is 2. The molecule has 2 aromatic heterocycles. The molecule has 259 valence electrons. The van der Waals surface area contributed by atoms with Crippen LogP contribution in [0.1, 0.15) is 0 Å². The minimum atomic E-state index is -3.15. The number of nitrogens with zero attached hydrogens (tertiary/aromatic N) is 2. The molecule has 3 nitrogen and oxygen atoms in total. The van der Waals surface area contributed by atoms with E-state index >= 15 is 4.57 Å². The van der Waals surface area contributed by atoms with Crippen molar-refractivity contribution in [1.82, 2.24) is 9.38 Å². The first-order valence-electron chi connectivity index (χ1n) is 17.7. The van der Waals surface area contributed by atoms with Crippen LogP contribution in [0.2, 0.25) is 0 Å². The molecule has 0 atom stereocenters. The number of aromatic nitrogens is 2. The van der Waals surface area contributed by atoms with Crippen LogP contribution >= 0.6 is 7.14 Å². The maximum absolute atomic E-state index is 15.1. The Morgan fingerprint density at radius 1 is 0.481 bits per heavy atom. The van der Waals surface area contributed by atoms with Gasteiger partial charge in [0.15, 0.2) is 0 Å². The third-order valence-electron chi connectivity index (χ3n) is 10.3. The second-order valence-electron chi connectivity index (χ2n) is 13.4. The van der Waals surface area contributed by atoms with Crippen LogP contribution in [0.3, 0.4) is 0 Å². The molecular formula is C49H31IrN2OP-2. The van der Waals surface area contributed by atoms with Gasteiger partial charge in [-0.2, -0.15) is 18.2 Å². The largest absolute Gasteiger partial charge is 0.333 e. The van der Waals surface area contributed by atoms with Crippen molar-refractivity contribution in [2.24, 2.45) is 0 Å². The topological polar surface area (TPSA) is 34.4 Å². The van der Waals surface area contributed by atoms with Crippen molar-refractivity contribution in [1.29, 1.82) is 0 Å². The zero-order valence-corrected chi connectivity index (χ0v) is 32.3. The van der Waals surface area contributed by atoms with Crippen LogP contribution in [0.15, 0.2) is 188 Å². The van der Waals surface area contributed by atoms with Gasteiger partial charge in [0.05, 0.1) is 16.7 Å². The third-order valence-corrected chi connectivity index (χ3v) is 13.2. The molecule has 0 aliphatic heterocycles. The summed E-state index contributed by atoms with van der Waals surface area (Å²) in [4.78, 5) is 4.83. The van der Waals surface area contributed by atoms with Gasteiger partial charge in [0.25, 0.3) is 0 Å². The van der Waals surface area contributed by atoms with Crippen molar-refractivity contribution in [3.05, 3.63) is 200 Å². The van der Waals surface area contributed by atoms with Crippen LogP contribution in [0.25, 0.3) is 70.7 Å². The van der Waals surface area contributed by atoms with Crippen molar-refractivity contribution >= 4 is 93.7 Å². The summed E-state index contributed by atoms with van der Waals surface area (Å²) in [6.07, 6.45) is 0. The first-order valence-corrected chi connectivity index (χ1v) is 19.4. The molecule has 0 aliphatic carbocycles. The zero-order valence-electron chi connectivity index (χ0n) is 29.0. The number of benzene rings is 9. The molecule has 0 saturated carbocycles. The number of hydrogen-bond donors (Lipinski definition) is 0. The van der Waals surface area contributed by atoms with Crippen molar-refractivity contribution in [2.45, 2.75) is 0 Å².